The van der Waals surface area contributed by atoms with Crippen LogP contribution in [0.5, 0.6) is 0 Å². The molecule has 0 heterocycles. The molecule has 1 rings (SSSR count). The summed E-state index contributed by atoms with van der Waals surface area (Å²) in [6.45, 7) is 6.77. The van der Waals surface area contributed by atoms with Crippen molar-refractivity contribution in [2.45, 2.75) is 26.7 Å². The van der Waals surface area contributed by atoms with Gasteiger partial charge in [0, 0.05) is 25.8 Å². The van der Waals surface area contributed by atoms with Gasteiger partial charge in [0.1, 0.15) is 0 Å². The molecule has 0 unspecified atom stereocenters. The molecule has 0 fully saturated rings. The van der Waals surface area contributed by atoms with Gasteiger partial charge in [-0.1, -0.05) is 19.9 Å². The third-order valence-corrected chi connectivity index (χ3v) is 3.15. The van der Waals surface area contributed by atoms with E-state index in [1.165, 1.54) is 24.1 Å². The average Bonchev–Trinajstić information content (AvgIpc) is 2.26. The van der Waals surface area contributed by atoms with Crippen LogP contribution in [0, 0.1) is 5.92 Å². The number of hydrogen-bond donors (Lipinski definition) is 0. The Bertz CT molecular complexity index is 274. The summed E-state index contributed by atoms with van der Waals surface area (Å²) < 4.78 is 0. The van der Waals surface area contributed by atoms with Crippen molar-refractivity contribution in [2.75, 3.05) is 34.2 Å². The first-order chi connectivity index (χ1) is 7.50. The van der Waals surface area contributed by atoms with Crippen LogP contribution in [-0.4, -0.2) is 44.0 Å². The highest BCUT2D eigenvalue weighted by Gasteiger charge is 2.11. The molecule has 0 spiro atoms. The van der Waals surface area contributed by atoms with Crippen molar-refractivity contribution in [3.63, 3.8) is 0 Å². The van der Waals surface area contributed by atoms with Crippen LogP contribution in [0.15, 0.2) is 23.4 Å². The van der Waals surface area contributed by atoms with E-state index in [9.17, 15) is 0 Å². The molecule has 0 aliphatic heterocycles. The molecule has 2 nitrogen and oxygen atoms in total. The Morgan fingerprint density at radius 3 is 2.44 bits per heavy atom. The van der Waals surface area contributed by atoms with Crippen LogP contribution < -0.4 is 0 Å². The number of rotatable bonds is 5. The van der Waals surface area contributed by atoms with Crippen LogP contribution in [0.2, 0.25) is 0 Å². The van der Waals surface area contributed by atoms with Crippen molar-refractivity contribution in [2.24, 2.45) is 5.92 Å². The first-order valence-corrected chi connectivity index (χ1v) is 6.27. The highest BCUT2D eigenvalue weighted by atomic mass is 15.2. The molecule has 1 aliphatic carbocycles. The fourth-order valence-corrected chi connectivity index (χ4v) is 1.91. The summed E-state index contributed by atoms with van der Waals surface area (Å²) in [5.74, 6) is 0.651. The highest BCUT2D eigenvalue weighted by Crippen LogP contribution is 2.24. The first-order valence-electron chi connectivity index (χ1n) is 6.27. The zero-order valence-corrected chi connectivity index (χ0v) is 11.5. The predicted molar refractivity (Wildman–Crippen MR) is 71.4 cm³/mol. The molecule has 0 saturated heterocycles. The molecule has 0 aromatic heterocycles. The van der Waals surface area contributed by atoms with Gasteiger partial charge in [0.2, 0.25) is 0 Å². The van der Waals surface area contributed by atoms with Gasteiger partial charge in [-0.3, -0.25) is 0 Å². The third-order valence-electron chi connectivity index (χ3n) is 3.15. The van der Waals surface area contributed by atoms with Crippen LogP contribution in [0.3, 0.4) is 0 Å². The maximum absolute atomic E-state index is 2.40. The Balaban J connectivity index is 2.56. The van der Waals surface area contributed by atoms with Crippen molar-refractivity contribution in [1.29, 1.82) is 0 Å². The lowest BCUT2D eigenvalue weighted by molar-refractivity contribution is 0.318. The van der Waals surface area contributed by atoms with Gasteiger partial charge in [-0.05, 0) is 44.5 Å². The molecule has 2 heteroatoms. The Morgan fingerprint density at radius 2 is 1.88 bits per heavy atom. The second kappa shape index (κ2) is 6.09. The van der Waals surface area contributed by atoms with Crippen molar-refractivity contribution >= 4 is 0 Å². The normalized spacial score (nSPS) is 16.4. The minimum absolute atomic E-state index is 0.651. The van der Waals surface area contributed by atoms with Gasteiger partial charge >= 0.3 is 0 Å². The number of allylic oxidation sites excluding steroid dienone is 4. The van der Waals surface area contributed by atoms with Crippen LogP contribution in [0.25, 0.3) is 0 Å². The quantitative estimate of drug-likeness (QED) is 0.706. The molecule has 0 aromatic rings. The molecule has 0 bridgehead atoms. The lowest BCUT2D eigenvalue weighted by atomic mass is 9.95. The van der Waals surface area contributed by atoms with E-state index in [1.807, 2.05) is 0 Å². The minimum Gasteiger partial charge on any atom is -0.377 e. The van der Waals surface area contributed by atoms with Crippen molar-refractivity contribution in [1.82, 2.24) is 9.80 Å². The summed E-state index contributed by atoms with van der Waals surface area (Å²) in [5, 5.41) is 0. The fraction of sp³-hybridized carbons (Fsp3) is 0.714. The third kappa shape index (κ3) is 4.01. The molecule has 0 saturated carbocycles. The Kier molecular flexibility index (Phi) is 5.07. The van der Waals surface area contributed by atoms with E-state index in [4.69, 9.17) is 0 Å². The summed E-state index contributed by atoms with van der Waals surface area (Å²) in [4.78, 5) is 4.63. The van der Waals surface area contributed by atoms with E-state index in [0.29, 0.717) is 5.92 Å². The van der Waals surface area contributed by atoms with E-state index in [-0.39, 0.29) is 0 Å². The number of likely N-dealkylation sites (N-methyl/N-ethyl adjacent to an activating group) is 2. The van der Waals surface area contributed by atoms with E-state index in [2.05, 4.69) is 56.9 Å². The summed E-state index contributed by atoms with van der Waals surface area (Å²) in [5.41, 5.74) is 2.99. The second-order valence-electron chi connectivity index (χ2n) is 5.26. The Labute approximate surface area is 101 Å². The van der Waals surface area contributed by atoms with E-state index >= 15 is 0 Å². The smallest absolute Gasteiger partial charge is 0.0299 e. The zero-order valence-electron chi connectivity index (χ0n) is 11.5. The van der Waals surface area contributed by atoms with Crippen molar-refractivity contribution in [3.8, 4) is 0 Å². The molecule has 0 amide bonds. The number of nitrogens with zero attached hydrogens (tertiary/aromatic N) is 2. The molecular formula is C14H26N2. The molecule has 0 atom stereocenters. The van der Waals surface area contributed by atoms with Gasteiger partial charge in [0.15, 0.2) is 0 Å². The largest absolute Gasteiger partial charge is 0.377 e. The van der Waals surface area contributed by atoms with Gasteiger partial charge in [-0.2, -0.15) is 0 Å². The van der Waals surface area contributed by atoms with Gasteiger partial charge in [-0.15, -0.1) is 0 Å². The molecule has 0 aromatic carbocycles. The van der Waals surface area contributed by atoms with Crippen LogP contribution in [0.4, 0.5) is 0 Å². The van der Waals surface area contributed by atoms with Gasteiger partial charge < -0.3 is 9.80 Å². The predicted octanol–water partition coefficient (Wildman–Crippen LogP) is 2.74. The second-order valence-corrected chi connectivity index (χ2v) is 5.26. The fourth-order valence-electron chi connectivity index (χ4n) is 1.91. The topological polar surface area (TPSA) is 6.48 Å². The van der Waals surface area contributed by atoms with E-state index < -0.39 is 0 Å². The van der Waals surface area contributed by atoms with Gasteiger partial charge in [0.25, 0.3) is 0 Å². The maximum atomic E-state index is 2.40. The summed E-state index contributed by atoms with van der Waals surface area (Å²) in [7, 11) is 6.46. The summed E-state index contributed by atoms with van der Waals surface area (Å²) in [6, 6.07) is 0. The van der Waals surface area contributed by atoms with Crippen molar-refractivity contribution in [3.05, 3.63) is 23.4 Å². The van der Waals surface area contributed by atoms with E-state index in [1.54, 1.807) is 0 Å². The van der Waals surface area contributed by atoms with E-state index in [0.717, 1.165) is 13.1 Å². The number of hydrogen-bond acceptors (Lipinski definition) is 2. The first kappa shape index (κ1) is 13.3. The van der Waals surface area contributed by atoms with Gasteiger partial charge in [-0.25, -0.2) is 0 Å². The average molecular weight is 222 g/mol. The minimum atomic E-state index is 0.651. The Morgan fingerprint density at radius 1 is 1.19 bits per heavy atom. The Hall–Kier alpha value is -0.760. The zero-order chi connectivity index (χ0) is 12.1. The SMILES string of the molecule is CC(C)C1=CCCC(N(C)CCN(C)C)=C1. The van der Waals surface area contributed by atoms with Crippen LogP contribution in [0.1, 0.15) is 26.7 Å². The maximum Gasteiger partial charge on any atom is 0.0299 e. The molecule has 0 radical (unpaired) electrons. The summed E-state index contributed by atoms with van der Waals surface area (Å²) in [6.07, 6.45) is 7.16. The molecule has 0 N–H and O–H groups in total. The molecule has 1 aliphatic rings. The van der Waals surface area contributed by atoms with Crippen molar-refractivity contribution < 1.29 is 0 Å². The summed E-state index contributed by atoms with van der Waals surface area (Å²) >= 11 is 0. The lowest BCUT2D eigenvalue weighted by Crippen LogP contribution is -2.28. The van der Waals surface area contributed by atoms with Crippen LogP contribution in [-0.2, 0) is 0 Å². The standard InChI is InChI=1S/C14H26N2/c1-12(2)13-7-6-8-14(11-13)16(5)10-9-15(3)4/h7,11-12H,6,8-10H2,1-5H3. The highest BCUT2D eigenvalue weighted by molar-refractivity contribution is 5.28. The van der Waals surface area contributed by atoms with Crippen LogP contribution >= 0.6 is 0 Å². The van der Waals surface area contributed by atoms with Gasteiger partial charge in [0.05, 0.1) is 0 Å². The monoisotopic (exact) mass is 222 g/mol. The lowest BCUT2D eigenvalue weighted by Gasteiger charge is -2.27. The molecule has 16 heavy (non-hydrogen) atoms. The molecule has 92 valence electrons. The molecular weight excluding hydrogens is 196 g/mol.